The minimum absolute atomic E-state index is 0.249. The van der Waals surface area contributed by atoms with Crippen molar-refractivity contribution >= 4 is 0 Å². The maximum atomic E-state index is 13.1. The Balaban J connectivity index is 1.72. The summed E-state index contributed by atoms with van der Waals surface area (Å²) in [6.07, 6.45) is 1.94. The standard InChI is InChI=1S/C21H21FN4/c1-16(2)25(14-18-5-3-17(13-23)4-6-18)15-26-12-11-21(24-26)19-7-9-20(22)10-8-19/h3-12,16H,14-15H2,1-2H3. The second kappa shape index (κ2) is 7.94. The second-order valence-electron chi connectivity index (χ2n) is 6.54. The van der Waals surface area contributed by atoms with E-state index in [1.165, 1.54) is 12.1 Å². The Morgan fingerprint density at radius 1 is 1.08 bits per heavy atom. The van der Waals surface area contributed by atoms with Crippen LogP contribution in [0.3, 0.4) is 0 Å². The molecule has 5 heteroatoms. The van der Waals surface area contributed by atoms with Gasteiger partial charge in [-0.15, -0.1) is 0 Å². The molecule has 0 saturated heterocycles. The molecule has 0 fully saturated rings. The maximum absolute atomic E-state index is 13.1. The average Bonchev–Trinajstić information content (AvgIpc) is 3.11. The summed E-state index contributed by atoms with van der Waals surface area (Å²) < 4.78 is 15.0. The molecule has 1 aromatic heterocycles. The lowest BCUT2D eigenvalue weighted by Crippen LogP contribution is -2.32. The van der Waals surface area contributed by atoms with Gasteiger partial charge in [-0.05, 0) is 61.9 Å². The largest absolute Gasteiger partial charge is 0.278 e. The predicted octanol–water partition coefficient (Wildman–Crippen LogP) is 4.43. The lowest BCUT2D eigenvalue weighted by atomic mass is 10.1. The molecule has 132 valence electrons. The van der Waals surface area contributed by atoms with Crippen molar-refractivity contribution < 1.29 is 4.39 Å². The fraction of sp³-hybridized carbons (Fsp3) is 0.238. The molecule has 0 spiro atoms. The van der Waals surface area contributed by atoms with Gasteiger partial charge in [0.2, 0.25) is 0 Å². The first-order chi connectivity index (χ1) is 12.5. The number of halogens is 1. The van der Waals surface area contributed by atoms with E-state index in [0.717, 1.165) is 23.4 Å². The van der Waals surface area contributed by atoms with Crippen LogP contribution < -0.4 is 0 Å². The monoisotopic (exact) mass is 348 g/mol. The van der Waals surface area contributed by atoms with Gasteiger partial charge < -0.3 is 0 Å². The van der Waals surface area contributed by atoms with Crippen LogP contribution in [-0.2, 0) is 13.2 Å². The van der Waals surface area contributed by atoms with E-state index < -0.39 is 0 Å². The molecular formula is C21H21FN4. The highest BCUT2D eigenvalue weighted by Crippen LogP contribution is 2.18. The summed E-state index contributed by atoms with van der Waals surface area (Å²) in [7, 11) is 0. The Morgan fingerprint density at radius 2 is 1.77 bits per heavy atom. The van der Waals surface area contributed by atoms with Crippen LogP contribution in [0.15, 0.2) is 60.8 Å². The summed E-state index contributed by atoms with van der Waals surface area (Å²) in [6, 6.07) is 18.4. The van der Waals surface area contributed by atoms with Gasteiger partial charge in [-0.25, -0.2) is 4.39 Å². The number of hydrogen-bond donors (Lipinski definition) is 0. The molecule has 3 rings (SSSR count). The van der Waals surface area contributed by atoms with Gasteiger partial charge in [-0.1, -0.05) is 12.1 Å². The minimum Gasteiger partial charge on any atom is -0.278 e. The summed E-state index contributed by atoms with van der Waals surface area (Å²) in [4.78, 5) is 2.29. The average molecular weight is 348 g/mol. The molecule has 1 heterocycles. The molecular weight excluding hydrogens is 327 g/mol. The molecule has 0 aliphatic rings. The van der Waals surface area contributed by atoms with Gasteiger partial charge in [-0.2, -0.15) is 10.4 Å². The normalized spacial score (nSPS) is 11.1. The summed E-state index contributed by atoms with van der Waals surface area (Å²) in [5, 5.41) is 13.5. The Bertz CT molecular complexity index is 889. The summed E-state index contributed by atoms with van der Waals surface area (Å²) in [5.74, 6) is -0.249. The van der Waals surface area contributed by atoms with Crippen molar-refractivity contribution in [3.63, 3.8) is 0 Å². The zero-order valence-electron chi connectivity index (χ0n) is 14.9. The molecule has 2 aromatic carbocycles. The van der Waals surface area contributed by atoms with Crippen LogP contribution in [0.25, 0.3) is 11.3 Å². The van der Waals surface area contributed by atoms with Crippen molar-refractivity contribution in [3.8, 4) is 17.3 Å². The zero-order chi connectivity index (χ0) is 18.5. The quantitative estimate of drug-likeness (QED) is 0.662. The van der Waals surface area contributed by atoms with Crippen LogP contribution in [0.2, 0.25) is 0 Å². The van der Waals surface area contributed by atoms with Gasteiger partial charge in [0, 0.05) is 24.3 Å². The third-order valence-electron chi connectivity index (χ3n) is 4.31. The summed E-state index contributed by atoms with van der Waals surface area (Å²) >= 11 is 0. The summed E-state index contributed by atoms with van der Waals surface area (Å²) in [5.41, 5.74) is 3.55. The molecule has 0 N–H and O–H groups in total. The van der Waals surface area contributed by atoms with E-state index in [9.17, 15) is 4.39 Å². The van der Waals surface area contributed by atoms with Crippen LogP contribution in [0.4, 0.5) is 4.39 Å². The lowest BCUT2D eigenvalue weighted by Gasteiger charge is -2.26. The number of nitrogens with zero attached hydrogens (tertiary/aromatic N) is 4. The molecule has 0 amide bonds. The topological polar surface area (TPSA) is 44.9 Å². The fourth-order valence-electron chi connectivity index (χ4n) is 2.72. The SMILES string of the molecule is CC(C)N(Cc1ccc(C#N)cc1)Cn1ccc(-c2ccc(F)cc2)n1. The number of rotatable bonds is 6. The molecule has 26 heavy (non-hydrogen) atoms. The zero-order valence-corrected chi connectivity index (χ0v) is 14.9. The van der Waals surface area contributed by atoms with E-state index in [4.69, 9.17) is 5.26 Å². The van der Waals surface area contributed by atoms with Gasteiger partial charge in [0.1, 0.15) is 5.82 Å². The van der Waals surface area contributed by atoms with E-state index in [1.807, 2.05) is 41.2 Å². The Morgan fingerprint density at radius 3 is 2.38 bits per heavy atom. The van der Waals surface area contributed by atoms with Crippen molar-refractivity contribution in [2.24, 2.45) is 0 Å². The van der Waals surface area contributed by atoms with Crippen LogP contribution in [0.5, 0.6) is 0 Å². The number of aromatic nitrogens is 2. The maximum Gasteiger partial charge on any atom is 0.123 e. The first-order valence-corrected chi connectivity index (χ1v) is 8.57. The highest BCUT2D eigenvalue weighted by molar-refractivity contribution is 5.58. The Labute approximate surface area is 153 Å². The molecule has 0 aliphatic carbocycles. The van der Waals surface area contributed by atoms with Gasteiger partial charge in [0.15, 0.2) is 0 Å². The first kappa shape index (κ1) is 17.8. The second-order valence-corrected chi connectivity index (χ2v) is 6.54. The third-order valence-corrected chi connectivity index (χ3v) is 4.31. The smallest absolute Gasteiger partial charge is 0.123 e. The van der Waals surface area contributed by atoms with Crippen molar-refractivity contribution in [1.29, 1.82) is 5.26 Å². The first-order valence-electron chi connectivity index (χ1n) is 8.57. The number of benzene rings is 2. The van der Waals surface area contributed by atoms with Crippen molar-refractivity contribution in [1.82, 2.24) is 14.7 Å². The molecule has 0 unspecified atom stereocenters. The van der Waals surface area contributed by atoms with Gasteiger partial charge >= 0.3 is 0 Å². The van der Waals surface area contributed by atoms with E-state index in [-0.39, 0.29) is 5.82 Å². The molecule has 0 radical (unpaired) electrons. The number of hydrogen-bond acceptors (Lipinski definition) is 3. The van der Waals surface area contributed by atoms with Crippen molar-refractivity contribution in [3.05, 3.63) is 77.7 Å². The van der Waals surface area contributed by atoms with Crippen molar-refractivity contribution in [2.75, 3.05) is 0 Å². The van der Waals surface area contributed by atoms with Crippen molar-refractivity contribution in [2.45, 2.75) is 33.1 Å². The number of nitriles is 1. The Kier molecular flexibility index (Phi) is 5.45. The summed E-state index contributed by atoms with van der Waals surface area (Å²) in [6.45, 7) is 5.72. The van der Waals surface area contributed by atoms with Crippen LogP contribution in [0.1, 0.15) is 25.0 Å². The lowest BCUT2D eigenvalue weighted by molar-refractivity contribution is 0.155. The molecule has 0 atom stereocenters. The van der Waals surface area contributed by atoms with Crippen LogP contribution >= 0.6 is 0 Å². The van der Waals surface area contributed by atoms with E-state index in [0.29, 0.717) is 18.3 Å². The molecule has 0 bridgehead atoms. The minimum atomic E-state index is -0.249. The molecule has 0 aliphatic heterocycles. The van der Waals surface area contributed by atoms with E-state index in [1.54, 1.807) is 12.1 Å². The predicted molar refractivity (Wildman–Crippen MR) is 99.5 cm³/mol. The van der Waals surface area contributed by atoms with Gasteiger partial charge in [0.05, 0.1) is 24.0 Å². The third kappa shape index (κ3) is 4.35. The van der Waals surface area contributed by atoms with Gasteiger partial charge in [-0.3, -0.25) is 9.58 Å². The fourth-order valence-corrected chi connectivity index (χ4v) is 2.72. The Hall–Kier alpha value is -2.97. The highest BCUT2D eigenvalue weighted by Gasteiger charge is 2.12. The van der Waals surface area contributed by atoms with Gasteiger partial charge in [0.25, 0.3) is 0 Å². The molecule has 0 saturated carbocycles. The van der Waals surface area contributed by atoms with E-state index >= 15 is 0 Å². The van der Waals surface area contributed by atoms with Crippen LogP contribution in [0, 0.1) is 17.1 Å². The highest BCUT2D eigenvalue weighted by atomic mass is 19.1. The van der Waals surface area contributed by atoms with Crippen LogP contribution in [-0.4, -0.2) is 20.7 Å². The van der Waals surface area contributed by atoms with E-state index in [2.05, 4.69) is 29.9 Å². The molecule has 3 aromatic rings. The molecule has 4 nitrogen and oxygen atoms in total.